The largest absolute Gasteiger partial charge is 0.495 e. The lowest BCUT2D eigenvalue weighted by molar-refractivity contribution is -0.158. The molecule has 1 amide bonds. The molecule has 0 aliphatic carbocycles. The second kappa shape index (κ2) is 9.63. The summed E-state index contributed by atoms with van der Waals surface area (Å²) in [5, 5.41) is 4.55. The van der Waals surface area contributed by atoms with Gasteiger partial charge in [-0.25, -0.2) is 12.7 Å². The zero-order chi connectivity index (χ0) is 24.5. The maximum absolute atomic E-state index is 12.8. The summed E-state index contributed by atoms with van der Waals surface area (Å²) in [5.41, 5.74) is 1.72. The van der Waals surface area contributed by atoms with E-state index in [0.29, 0.717) is 29.9 Å². The van der Waals surface area contributed by atoms with Crippen LogP contribution < -0.4 is 10.1 Å². The minimum Gasteiger partial charge on any atom is -0.495 e. The van der Waals surface area contributed by atoms with E-state index in [0.717, 1.165) is 16.4 Å². The number of nitrogens with zero attached hydrogens (tertiary/aromatic N) is 1. The van der Waals surface area contributed by atoms with Crippen molar-refractivity contribution in [2.45, 2.75) is 32.8 Å². The van der Waals surface area contributed by atoms with Gasteiger partial charge < -0.3 is 19.2 Å². The lowest BCUT2D eigenvalue weighted by Crippen LogP contribution is -2.42. The van der Waals surface area contributed by atoms with Gasteiger partial charge in [0.25, 0.3) is 5.91 Å². The highest BCUT2D eigenvalue weighted by Crippen LogP contribution is 2.36. The van der Waals surface area contributed by atoms with Crippen molar-refractivity contribution in [3.63, 3.8) is 0 Å². The maximum Gasteiger partial charge on any atom is 0.309 e. The molecule has 2 heterocycles. The molecule has 1 fully saturated rings. The smallest absolute Gasteiger partial charge is 0.309 e. The van der Waals surface area contributed by atoms with Crippen LogP contribution in [-0.4, -0.2) is 56.7 Å². The van der Waals surface area contributed by atoms with Gasteiger partial charge in [-0.2, -0.15) is 0 Å². The van der Waals surface area contributed by atoms with Gasteiger partial charge in [0.15, 0.2) is 6.10 Å². The SMILES string of the molecule is CCS(=O)(=O)N1CCC(C(=O)OC(C)C(=O)Nc2cc3oc4ccccc4c3cc2OC)CC1. The zero-order valence-corrected chi connectivity index (χ0v) is 20.2. The minimum absolute atomic E-state index is 0.0304. The van der Waals surface area contributed by atoms with Crippen molar-refractivity contribution in [3.8, 4) is 5.75 Å². The van der Waals surface area contributed by atoms with Gasteiger partial charge in [0.05, 0.1) is 24.5 Å². The van der Waals surface area contributed by atoms with E-state index in [1.54, 1.807) is 19.1 Å². The first-order chi connectivity index (χ1) is 16.2. The Balaban J connectivity index is 1.41. The lowest BCUT2D eigenvalue weighted by atomic mass is 9.98. The standard InChI is InChI=1S/C24H28N2O7S/c1-4-34(29,30)26-11-9-16(10-12-26)24(28)32-15(2)23(27)25-19-14-21-18(13-22(19)31-3)17-7-5-6-8-20(17)33-21/h5-8,13-16H,4,9-12H2,1-3H3,(H,25,27). The molecule has 10 heteroatoms. The topological polar surface area (TPSA) is 115 Å². The Morgan fingerprint density at radius 3 is 2.53 bits per heavy atom. The molecule has 1 aromatic heterocycles. The monoisotopic (exact) mass is 488 g/mol. The molecule has 1 atom stereocenters. The van der Waals surface area contributed by atoms with E-state index in [1.807, 2.05) is 24.3 Å². The molecule has 2 aromatic carbocycles. The van der Waals surface area contributed by atoms with Crippen molar-refractivity contribution >= 4 is 49.5 Å². The number of methoxy groups -OCH3 is 1. The Morgan fingerprint density at radius 2 is 1.85 bits per heavy atom. The molecule has 0 bridgehead atoms. The molecular weight excluding hydrogens is 460 g/mol. The van der Waals surface area contributed by atoms with Crippen LogP contribution in [0.15, 0.2) is 40.8 Å². The van der Waals surface area contributed by atoms with E-state index >= 15 is 0 Å². The lowest BCUT2D eigenvalue weighted by Gasteiger charge is -2.30. The number of anilines is 1. The normalized spacial score (nSPS) is 16.4. The Bertz CT molecular complexity index is 1320. The number of amides is 1. The van der Waals surface area contributed by atoms with Crippen LogP contribution in [-0.2, 0) is 24.3 Å². The first kappa shape index (κ1) is 24.0. The Hall–Kier alpha value is -3.11. The van der Waals surface area contributed by atoms with Crippen molar-refractivity contribution in [3.05, 3.63) is 36.4 Å². The number of sulfonamides is 1. The van der Waals surface area contributed by atoms with Crippen molar-refractivity contribution < 1.29 is 31.9 Å². The van der Waals surface area contributed by atoms with E-state index < -0.39 is 33.9 Å². The van der Waals surface area contributed by atoms with E-state index in [2.05, 4.69) is 5.32 Å². The van der Waals surface area contributed by atoms with Gasteiger partial charge in [0.2, 0.25) is 10.0 Å². The number of carbonyl (C=O) groups excluding carboxylic acids is 2. The number of piperidine rings is 1. The van der Waals surface area contributed by atoms with Gasteiger partial charge in [-0.1, -0.05) is 18.2 Å². The number of esters is 1. The second-order valence-corrected chi connectivity index (χ2v) is 10.5. The molecule has 182 valence electrons. The highest BCUT2D eigenvalue weighted by atomic mass is 32.2. The molecule has 0 spiro atoms. The van der Waals surface area contributed by atoms with E-state index in [-0.39, 0.29) is 18.8 Å². The predicted octanol–water partition coefficient (Wildman–Crippen LogP) is 3.53. The van der Waals surface area contributed by atoms with Crippen LogP contribution in [0.5, 0.6) is 5.75 Å². The fourth-order valence-corrected chi connectivity index (χ4v) is 5.26. The molecule has 1 unspecified atom stereocenters. The maximum atomic E-state index is 12.8. The van der Waals surface area contributed by atoms with Gasteiger partial charge in [-0.15, -0.1) is 0 Å². The minimum atomic E-state index is -3.27. The Morgan fingerprint density at radius 1 is 1.15 bits per heavy atom. The number of ether oxygens (including phenoxy) is 2. The molecule has 1 saturated heterocycles. The third-order valence-electron chi connectivity index (χ3n) is 6.16. The van der Waals surface area contributed by atoms with Gasteiger partial charge >= 0.3 is 5.97 Å². The van der Waals surface area contributed by atoms with Crippen LogP contribution in [0, 0.1) is 5.92 Å². The predicted molar refractivity (Wildman–Crippen MR) is 128 cm³/mol. The first-order valence-electron chi connectivity index (χ1n) is 11.2. The molecule has 34 heavy (non-hydrogen) atoms. The molecular formula is C24H28N2O7S. The number of hydrogen-bond acceptors (Lipinski definition) is 7. The van der Waals surface area contributed by atoms with Crippen LogP contribution in [0.1, 0.15) is 26.7 Å². The molecule has 1 aliphatic rings. The fourth-order valence-electron chi connectivity index (χ4n) is 4.13. The molecule has 3 aromatic rings. The molecule has 1 N–H and O–H groups in total. The average Bonchev–Trinajstić information content (AvgIpc) is 3.20. The summed E-state index contributed by atoms with van der Waals surface area (Å²) in [6, 6.07) is 11.1. The third-order valence-corrected chi connectivity index (χ3v) is 8.05. The number of carbonyl (C=O) groups is 2. The first-order valence-corrected chi connectivity index (χ1v) is 12.8. The van der Waals surface area contributed by atoms with Gasteiger partial charge in [0, 0.05) is 29.9 Å². The second-order valence-electron chi connectivity index (χ2n) is 8.29. The number of rotatable bonds is 7. The fraction of sp³-hybridized carbons (Fsp3) is 0.417. The summed E-state index contributed by atoms with van der Waals surface area (Å²) in [6.07, 6.45) is -0.313. The summed E-state index contributed by atoms with van der Waals surface area (Å²) < 4.78 is 42.1. The summed E-state index contributed by atoms with van der Waals surface area (Å²) in [5.74, 6) is -0.970. The van der Waals surface area contributed by atoms with Crippen LogP contribution >= 0.6 is 0 Å². The number of furan rings is 1. The molecule has 9 nitrogen and oxygen atoms in total. The molecule has 0 saturated carbocycles. The highest BCUT2D eigenvalue weighted by Gasteiger charge is 2.32. The summed E-state index contributed by atoms with van der Waals surface area (Å²) in [6.45, 7) is 3.63. The Kier molecular flexibility index (Phi) is 6.81. The van der Waals surface area contributed by atoms with E-state index in [9.17, 15) is 18.0 Å². The van der Waals surface area contributed by atoms with Crippen LogP contribution in [0.2, 0.25) is 0 Å². The molecule has 0 radical (unpaired) electrons. The van der Waals surface area contributed by atoms with Gasteiger partial charge in [0.1, 0.15) is 16.9 Å². The van der Waals surface area contributed by atoms with Gasteiger partial charge in [-0.05, 0) is 38.8 Å². The van der Waals surface area contributed by atoms with Crippen molar-refractivity contribution in [2.75, 3.05) is 31.3 Å². The van der Waals surface area contributed by atoms with Gasteiger partial charge in [-0.3, -0.25) is 9.59 Å². The third kappa shape index (κ3) is 4.74. The van der Waals surface area contributed by atoms with Crippen molar-refractivity contribution in [1.82, 2.24) is 4.31 Å². The summed E-state index contributed by atoms with van der Waals surface area (Å²) in [4.78, 5) is 25.3. The summed E-state index contributed by atoms with van der Waals surface area (Å²) >= 11 is 0. The number of nitrogens with one attached hydrogen (secondary N) is 1. The number of para-hydroxylation sites is 1. The zero-order valence-electron chi connectivity index (χ0n) is 19.4. The Labute approximate surface area is 198 Å². The van der Waals surface area contributed by atoms with Crippen LogP contribution in [0.4, 0.5) is 5.69 Å². The number of fused-ring (bicyclic) bond motifs is 3. The molecule has 4 rings (SSSR count). The van der Waals surface area contributed by atoms with E-state index in [1.165, 1.54) is 18.3 Å². The quantitative estimate of drug-likeness (QED) is 0.506. The highest BCUT2D eigenvalue weighted by molar-refractivity contribution is 7.89. The van der Waals surface area contributed by atoms with Crippen LogP contribution in [0.25, 0.3) is 21.9 Å². The van der Waals surface area contributed by atoms with Crippen molar-refractivity contribution in [1.29, 1.82) is 0 Å². The number of benzene rings is 2. The van der Waals surface area contributed by atoms with Crippen molar-refractivity contribution in [2.24, 2.45) is 5.92 Å². The van der Waals surface area contributed by atoms with Crippen LogP contribution in [0.3, 0.4) is 0 Å². The molecule has 1 aliphatic heterocycles. The summed E-state index contributed by atoms with van der Waals surface area (Å²) in [7, 11) is -1.77. The van der Waals surface area contributed by atoms with E-state index in [4.69, 9.17) is 13.9 Å². The average molecular weight is 489 g/mol. The number of hydrogen-bond donors (Lipinski definition) is 1.